The normalized spacial score (nSPS) is 10.8. The van der Waals surface area contributed by atoms with Crippen LogP contribution >= 0.6 is 0 Å². The molecule has 3 N–H and O–H groups in total. The van der Waals surface area contributed by atoms with Crippen molar-refractivity contribution in [2.24, 2.45) is 0 Å². The van der Waals surface area contributed by atoms with E-state index in [4.69, 9.17) is 15.2 Å². The lowest BCUT2D eigenvalue weighted by Crippen LogP contribution is -2.29. The number of ether oxygens (including phenoxy) is 2. The third kappa shape index (κ3) is 3.90. The average molecular weight is 412 g/mol. The van der Waals surface area contributed by atoms with E-state index < -0.39 is 5.91 Å². The lowest BCUT2D eigenvalue weighted by atomic mass is 10.2. The first kappa shape index (κ1) is 20.7. The SMILES string of the molecule is COc1c(OCC=O)ccc2c(=O)n(C(C)C)c(NC(=O)c3cnc(N)nc3)nc12. The lowest BCUT2D eigenvalue weighted by Gasteiger charge is -2.18. The molecule has 0 fully saturated rings. The second-order valence-electron chi connectivity index (χ2n) is 6.46. The van der Waals surface area contributed by atoms with E-state index in [0.29, 0.717) is 6.29 Å². The van der Waals surface area contributed by atoms with Crippen LogP contribution in [0.4, 0.5) is 11.9 Å². The van der Waals surface area contributed by atoms with Crippen LogP contribution in [0.1, 0.15) is 30.2 Å². The number of hydrogen-bond acceptors (Lipinski definition) is 9. The van der Waals surface area contributed by atoms with E-state index >= 15 is 0 Å². The molecule has 0 saturated carbocycles. The van der Waals surface area contributed by atoms with E-state index in [0.717, 1.165) is 0 Å². The summed E-state index contributed by atoms with van der Waals surface area (Å²) < 4.78 is 12.1. The fraction of sp³-hybridized carbons (Fsp3) is 0.263. The maximum Gasteiger partial charge on any atom is 0.263 e. The maximum atomic E-state index is 13.1. The minimum Gasteiger partial charge on any atom is -0.491 e. The van der Waals surface area contributed by atoms with E-state index in [1.54, 1.807) is 13.8 Å². The Morgan fingerprint density at radius 3 is 2.60 bits per heavy atom. The Hall–Kier alpha value is -4.02. The van der Waals surface area contributed by atoms with Crippen LogP contribution in [0.3, 0.4) is 0 Å². The van der Waals surface area contributed by atoms with Crippen molar-refractivity contribution in [1.82, 2.24) is 19.5 Å². The number of nitrogens with zero attached hydrogens (tertiary/aromatic N) is 4. The van der Waals surface area contributed by atoms with Crippen molar-refractivity contribution in [3.63, 3.8) is 0 Å². The van der Waals surface area contributed by atoms with Crippen LogP contribution in [0.5, 0.6) is 11.5 Å². The number of hydrogen-bond donors (Lipinski definition) is 2. The molecule has 156 valence electrons. The molecule has 0 aliphatic rings. The molecule has 0 radical (unpaired) electrons. The smallest absolute Gasteiger partial charge is 0.263 e. The van der Waals surface area contributed by atoms with Crippen molar-refractivity contribution in [3.8, 4) is 11.5 Å². The van der Waals surface area contributed by atoms with Gasteiger partial charge >= 0.3 is 0 Å². The Kier molecular flexibility index (Phi) is 5.90. The van der Waals surface area contributed by atoms with Gasteiger partial charge in [0, 0.05) is 18.4 Å². The van der Waals surface area contributed by atoms with E-state index in [-0.39, 0.29) is 58.1 Å². The lowest BCUT2D eigenvalue weighted by molar-refractivity contribution is -0.109. The van der Waals surface area contributed by atoms with E-state index in [1.165, 1.54) is 36.2 Å². The predicted molar refractivity (Wildman–Crippen MR) is 109 cm³/mol. The van der Waals surface area contributed by atoms with Crippen LogP contribution in [0.2, 0.25) is 0 Å². The number of methoxy groups -OCH3 is 1. The molecule has 0 aliphatic heterocycles. The molecule has 0 aliphatic carbocycles. The Bertz CT molecular complexity index is 1160. The van der Waals surface area contributed by atoms with Crippen LogP contribution in [0.25, 0.3) is 10.9 Å². The van der Waals surface area contributed by atoms with Crippen LogP contribution in [0.15, 0.2) is 29.3 Å². The summed E-state index contributed by atoms with van der Waals surface area (Å²) in [4.78, 5) is 48.4. The monoisotopic (exact) mass is 412 g/mol. The first-order valence-corrected chi connectivity index (χ1v) is 8.96. The summed E-state index contributed by atoms with van der Waals surface area (Å²) in [6.45, 7) is 3.39. The Balaban J connectivity index is 2.16. The molecule has 11 heteroatoms. The number of carbonyl (C=O) groups excluding carboxylic acids is 2. The quantitative estimate of drug-likeness (QED) is 0.545. The van der Waals surface area contributed by atoms with Gasteiger partial charge in [0.2, 0.25) is 11.9 Å². The second kappa shape index (κ2) is 8.55. The molecule has 1 aromatic carbocycles. The first-order valence-electron chi connectivity index (χ1n) is 8.96. The molecule has 3 aromatic rings. The zero-order valence-corrected chi connectivity index (χ0v) is 16.6. The average Bonchev–Trinajstić information content (AvgIpc) is 2.72. The zero-order valence-electron chi connectivity index (χ0n) is 16.6. The van der Waals surface area contributed by atoms with Gasteiger partial charge in [0.05, 0.1) is 18.1 Å². The van der Waals surface area contributed by atoms with Gasteiger partial charge in [0.15, 0.2) is 17.8 Å². The molecule has 2 heterocycles. The highest BCUT2D eigenvalue weighted by molar-refractivity contribution is 6.03. The van der Waals surface area contributed by atoms with E-state index in [1.807, 2.05) is 0 Å². The predicted octanol–water partition coefficient (Wildman–Crippen LogP) is 1.19. The fourth-order valence-electron chi connectivity index (χ4n) is 2.85. The number of aromatic nitrogens is 4. The third-order valence-corrected chi connectivity index (χ3v) is 4.18. The second-order valence-corrected chi connectivity index (χ2v) is 6.46. The molecule has 0 atom stereocenters. The van der Waals surface area contributed by atoms with Gasteiger partial charge in [-0.15, -0.1) is 0 Å². The number of carbonyl (C=O) groups is 2. The number of nitrogens with two attached hydrogens (primary N) is 1. The molecule has 0 spiro atoms. The van der Waals surface area contributed by atoms with Gasteiger partial charge in [0.1, 0.15) is 12.1 Å². The first-order chi connectivity index (χ1) is 14.4. The summed E-state index contributed by atoms with van der Waals surface area (Å²) in [5.41, 5.74) is 5.40. The van der Waals surface area contributed by atoms with Crippen molar-refractivity contribution in [2.75, 3.05) is 24.8 Å². The molecule has 11 nitrogen and oxygen atoms in total. The van der Waals surface area contributed by atoms with Gasteiger partial charge in [-0.2, -0.15) is 0 Å². The van der Waals surface area contributed by atoms with E-state index in [9.17, 15) is 14.4 Å². The molecule has 1 amide bonds. The van der Waals surface area contributed by atoms with Crippen molar-refractivity contribution < 1.29 is 19.1 Å². The number of fused-ring (bicyclic) bond motifs is 1. The summed E-state index contributed by atoms with van der Waals surface area (Å²) in [6, 6.07) is 2.76. The van der Waals surface area contributed by atoms with Gasteiger partial charge in [0.25, 0.3) is 11.5 Å². The molecular weight excluding hydrogens is 392 g/mol. The van der Waals surface area contributed by atoms with Gasteiger partial charge in [-0.05, 0) is 26.0 Å². The van der Waals surface area contributed by atoms with E-state index in [2.05, 4.69) is 20.3 Å². The van der Waals surface area contributed by atoms with Gasteiger partial charge < -0.3 is 15.2 Å². The van der Waals surface area contributed by atoms with Crippen molar-refractivity contribution >= 4 is 35.0 Å². The van der Waals surface area contributed by atoms with Crippen LogP contribution < -0.4 is 26.1 Å². The molecule has 3 rings (SSSR count). The molecule has 0 saturated heterocycles. The largest absolute Gasteiger partial charge is 0.491 e. The molecular formula is C19H20N6O5. The summed E-state index contributed by atoms with van der Waals surface area (Å²) in [5, 5.41) is 2.89. The minimum atomic E-state index is -0.567. The van der Waals surface area contributed by atoms with Crippen LogP contribution in [0, 0.1) is 0 Å². The molecule has 0 bridgehead atoms. The standard InChI is InChI=1S/C19H20N6O5/c1-10(2)25-17(28)12-4-5-13(30-7-6-26)15(29-3)14(12)23-19(25)24-16(27)11-8-21-18(20)22-9-11/h4-6,8-10H,7H2,1-3H3,(H2,20,21,22)(H,23,24,27). The number of rotatable bonds is 7. The minimum absolute atomic E-state index is 0.00941. The van der Waals surface area contributed by atoms with Crippen molar-refractivity contribution in [1.29, 1.82) is 0 Å². The Labute approximate surface area is 170 Å². The fourth-order valence-corrected chi connectivity index (χ4v) is 2.85. The van der Waals surface area contributed by atoms with Crippen molar-refractivity contribution in [3.05, 3.63) is 40.4 Å². The van der Waals surface area contributed by atoms with Crippen LogP contribution in [-0.2, 0) is 4.79 Å². The summed E-state index contributed by atoms with van der Waals surface area (Å²) >= 11 is 0. The number of amides is 1. The van der Waals surface area contributed by atoms with Crippen LogP contribution in [-0.4, -0.2) is 45.4 Å². The Morgan fingerprint density at radius 1 is 1.30 bits per heavy atom. The number of benzene rings is 1. The number of aldehydes is 1. The highest BCUT2D eigenvalue weighted by atomic mass is 16.5. The summed E-state index contributed by atoms with van der Waals surface area (Å²) in [5.74, 6) is -0.107. The Morgan fingerprint density at radius 2 is 2.00 bits per heavy atom. The van der Waals surface area contributed by atoms with Gasteiger partial charge in [-0.3, -0.25) is 24.3 Å². The van der Waals surface area contributed by atoms with Gasteiger partial charge in [-0.1, -0.05) is 0 Å². The molecule has 2 aromatic heterocycles. The summed E-state index contributed by atoms with van der Waals surface area (Å²) in [6.07, 6.45) is 3.12. The summed E-state index contributed by atoms with van der Waals surface area (Å²) in [7, 11) is 1.39. The number of nitrogen functional groups attached to an aromatic ring is 1. The number of nitrogens with one attached hydrogen (secondary N) is 1. The molecule has 30 heavy (non-hydrogen) atoms. The maximum absolute atomic E-state index is 13.1. The van der Waals surface area contributed by atoms with Crippen molar-refractivity contribution in [2.45, 2.75) is 19.9 Å². The van der Waals surface area contributed by atoms with Gasteiger partial charge in [-0.25, -0.2) is 15.0 Å². The number of anilines is 2. The highest BCUT2D eigenvalue weighted by Gasteiger charge is 2.21. The topological polar surface area (TPSA) is 151 Å². The highest BCUT2D eigenvalue weighted by Crippen LogP contribution is 2.34. The third-order valence-electron chi connectivity index (χ3n) is 4.18. The molecule has 0 unspecified atom stereocenters. The zero-order chi connectivity index (χ0) is 21.8.